The van der Waals surface area contributed by atoms with Gasteiger partial charge in [-0.2, -0.15) is 0 Å². The van der Waals surface area contributed by atoms with Crippen LogP contribution in [0.3, 0.4) is 0 Å². The van der Waals surface area contributed by atoms with Gasteiger partial charge in [0.2, 0.25) is 0 Å². The van der Waals surface area contributed by atoms with Crippen molar-refractivity contribution >= 4 is 16.9 Å². The molecule has 0 atom stereocenters. The highest BCUT2D eigenvalue weighted by Gasteiger charge is 2.17. The van der Waals surface area contributed by atoms with E-state index in [4.69, 9.17) is 9.15 Å². The lowest BCUT2D eigenvalue weighted by atomic mass is 10.1. The predicted octanol–water partition coefficient (Wildman–Crippen LogP) is 4.04. The topological polar surface area (TPSA) is 62.5 Å². The first-order chi connectivity index (χ1) is 12.7. The summed E-state index contributed by atoms with van der Waals surface area (Å²) in [4.78, 5) is 11.7. The van der Waals surface area contributed by atoms with Crippen molar-refractivity contribution in [2.75, 3.05) is 0 Å². The fraction of sp³-hybridized carbons (Fsp3) is 0.0455. The third-order valence-electron chi connectivity index (χ3n) is 4.15. The Balaban J connectivity index is 1.73. The second-order valence-corrected chi connectivity index (χ2v) is 5.89. The number of hydrogen-bond acceptors (Lipinski definition) is 4. The Bertz CT molecular complexity index is 1050. The fourth-order valence-corrected chi connectivity index (χ4v) is 2.90. The van der Waals surface area contributed by atoms with Crippen molar-refractivity contribution in [3.05, 3.63) is 90.0 Å². The van der Waals surface area contributed by atoms with Crippen molar-refractivity contribution in [1.82, 2.24) is 0 Å². The van der Waals surface area contributed by atoms with E-state index in [1.54, 1.807) is 30.3 Å². The maximum atomic E-state index is 11.7. The molecule has 0 spiro atoms. The number of aromatic carboxylic acids is 1. The van der Waals surface area contributed by atoms with Gasteiger partial charge in [0.25, 0.3) is 0 Å². The molecule has 0 amide bonds. The van der Waals surface area contributed by atoms with Crippen molar-refractivity contribution in [3.8, 4) is 17.1 Å². The zero-order valence-corrected chi connectivity index (χ0v) is 13.8. The third-order valence-corrected chi connectivity index (χ3v) is 4.15. The maximum Gasteiger partial charge on any atom is 0.144 e. The molecule has 0 unspecified atom stereocenters. The zero-order chi connectivity index (χ0) is 17.9. The van der Waals surface area contributed by atoms with Crippen LogP contribution >= 0.6 is 0 Å². The van der Waals surface area contributed by atoms with E-state index in [1.165, 1.54) is 0 Å². The standard InChI is InChI=1S/C22H16O4/c23-22(24)20-18-13-17(25-14-15-7-3-1-4-8-15)11-12-19(18)26-21(20)16-9-5-2-6-10-16/h1-13H,14H2,(H,23,24)/p-1. The molecule has 0 aliphatic carbocycles. The molecular weight excluding hydrogens is 328 g/mol. The summed E-state index contributed by atoms with van der Waals surface area (Å²) >= 11 is 0. The monoisotopic (exact) mass is 343 g/mol. The molecule has 0 bridgehead atoms. The highest BCUT2D eigenvalue weighted by molar-refractivity contribution is 6.07. The molecule has 4 heteroatoms. The minimum Gasteiger partial charge on any atom is -0.545 e. The van der Waals surface area contributed by atoms with E-state index in [1.807, 2.05) is 48.5 Å². The number of carbonyl (C=O) groups is 1. The summed E-state index contributed by atoms with van der Waals surface area (Å²) in [7, 11) is 0. The number of furan rings is 1. The molecule has 0 radical (unpaired) electrons. The number of rotatable bonds is 5. The summed E-state index contributed by atoms with van der Waals surface area (Å²) in [5.41, 5.74) is 2.24. The molecule has 1 aromatic heterocycles. The van der Waals surface area contributed by atoms with Gasteiger partial charge in [-0.05, 0) is 23.8 Å². The Hall–Kier alpha value is -3.53. The van der Waals surface area contributed by atoms with Gasteiger partial charge in [0.15, 0.2) is 0 Å². The van der Waals surface area contributed by atoms with Crippen molar-refractivity contribution in [2.24, 2.45) is 0 Å². The third kappa shape index (κ3) is 3.05. The van der Waals surface area contributed by atoms with E-state index < -0.39 is 5.97 Å². The van der Waals surface area contributed by atoms with E-state index in [0.29, 0.717) is 34.6 Å². The summed E-state index contributed by atoms with van der Waals surface area (Å²) in [5, 5.41) is 12.2. The summed E-state index contributed by atoms with van der Waals surface area (Å²) in [6.45, 7) is 0.399. The highest BCUT2D eigenvalue weighted by Crippen LogP contribution is 2.35. The number of carboxylic acid groups (broad SMARTS) is 1. The lowest BCUT2D eigenvalue weighted by Crippen LogP contribution is -2.22. The molecule has 4 rings (SSSR count). The van der Waals surface area contributed by atoms with Crippen LogP contribution in [-0.4, -0.2) is 5.97 Å². The Morgan fingerprint density at radius 2 is 1.62 bits per heavy atom. The number of benzene rings is 3. The molecule has 3 aromatic carbocycles. The smallest absolute Gasteiger partial charge is 0.144 e. The van der Waals surface area contributed by atoms with Gasteiger partial charge in [-0.15, -0.1) is 0 Å². The van der Waals surface area contributed by atoms with Crippen LogP contribution in [0.15, 0.2) is 83.3 Å². The molecule has 0 saturated heterocycles. The van der Waals surface area contributed by atoms with Crippen LogP contribution in [0.5, 0.6) is 5.75 Å². The van der Waals surface area contributed by atoms with E-state index >= 15 is 0 Å². The molecule has 26 heavy (non-hydrogen) atoms. The molecule has 0 saturated carbocycles. The molecule has 1 heterocycles. The lowest BCUT2D eigenvalue weighted by molar-refractivity contribution is -0.254. The number of ether oxygens (including phenoxy) is 1. The average Bonchev–Trinajstić information content (AvgIpc) is 3.07. The normalized spacial score (nSPS) is 10.8. The quantitative estimate of drug-likeness (QED) is 0.548. The summed E-state index contributed by atoms with van der Waals surface area (Å²) in [6.07, 6.45) is 0. The van der Waals surface area contributed by atoms with Crippen LogP contribution in [0.1, 0.15) is 15.9 Å². The molecule has 4 nitrogen and oxygen atoms in total. The van der Waals surface area contributed by atoms with Gasteiger partial charge in [0, 0.05) is 10.9 Å². The van der Waals surface area contributed by atoms with E-state index in [2.05, 4.69) is 0 Å². The summed E-state index contributed by atoms with van der Waals surface area (Å²) < 4.78 is 11.6. The first kappa shape index (κ1) is 16.0. The average molecular weight is 343 g/mol. The van der Waals surface area contributed by atoms with E-state index in [9.17, 15) is 9.90 Å². The van der Waals surface area contributed by atoms with Crippen LogP contribution in [0, 0.1) is 0 Å². The predicted molar refractivity (Wildman–Crippen MR) is 96.8 cm³/mol. The Morgan fingerprint density at radius 3 is 2.31 bits per heavy atom. The number of carboxylic acids is 1. The number of hydrogen-bond donors (Lipinski definition) is 0. The van der Waals surface area contributed by atoms with Gasteiger partial charge in [-0.25, -0.2) is 0 Å². The van der Waals surface area contributed by atoms with Gasteiger partial charge in [-0.1, -0.05) is 60.7 Å². The van der Waals surface area contributed by atoms with Gasteiger partial charge < -0.3 is 19.1 Å². The minimum atomic E-state index is -1.28. The van der Waals surface area contributed by atoms with Crippen LogP contribution < -0.4 is 9.84 Å². The molecule has 0 N–H and O–H groups in total. The lowest BCUT2D eigenvalue weighted by Gasteiger charge is -2.07. The second kappa shape index (κ2) is 6.76. The van der Waals surface area contributed by atoms with Gasteiger partial charge >= 0.3 is 0 Å². The Labute approximate surface area is 150 Å². The first-order valence-electron chi connectivity index (χ1n) is 8.22. The molecule has 0 aliphatic rings. The zero-order valence-electron chi connectivity index (χ0n) is 13.8. The summed E-state index contributed by atoms with van der Waals surface area (Å²) in [6, 6.07) is 24.1. The van der Waals surface area contributed by atoms with Crippen LogP contribution in [0.25, 0.3) is 22.3 Å². The van der Waals surface area contributed by atoms with Crippen LogP contribution in [0.4, 0.5) is 0 Å². The molecule has 0 fully saturated rings. The number of fused-ring (bicyclic) bond motifs is 1. The molecule has 0 aliphatic heterocycles. The number of carbonyl (C=O) groups excluding carboxylic acids is 1. The van der Waals surface area contributed by atoms with Crippen molar-refractivity contribution in [1.29, 1.82) is 0 Å². The second-order valence-electron chi connectivity index (χ2n) is 5.89. The van der Waals surface area contributed by atoms with Crippen molar-refractivity contribution < 1.29 is 19.1 Å². The summed E-state index contributed by atoms with van der Waals surface area (Å²) in [5.74, 6) is -0.409. The van der Waals surface area contributed by atoms with Crippen LogP contribution in [0.2, 0.25) is 0 Å². The van der Waals surface area contributed by atoms with E-state index in [-0.39, 0.29) is 5.56 Å². The first-order valence-corrected chi connectivity index (χ1v) is 8.22. The Kier molecular flexibility index (Phi) is 4.15. The minimum absolute atomic E-state index is 0.0383. The largest absolute Gasteiger partial charge is 0.545 e. The van der Waals surface area contributed by atoms with Crippen molar-refractivity contribution in [3.63, 3.8) is 0 Å². The van der Waals surface area contributed by atoms with E-state index in [0.717, 1.165) is 5.56 Å². The van der Waals surface area contributed by atoms with Crippen molar-refractivity contribution in [2.45, 2.75) is 6.61 Å². The fourth-order valence-electron chi connectivity index (χ4n) is 2.90. The molecule has 128 valence electrons. The Morgan fingerprint density at radius 1 is 0.923 bits per heavy atom. The highest BCUT2D eigenvalue weighted by atomic mass is 16.5. The van der Waals surface area contributed by atoms with Gasteiger partial charge in [-0.3, -0.25) is 0 Å². The van der Waals surface area contributed by atoms with Crippen LogP contribution in [-0.2, 0) is 6.61 Å². The molecular formula is C22H15O4-. The maximum absolute atomic E-state index is 11.7. The van der Waals surface area contributed by atoms with Gasteiger partial charge in [0.1, 0.15) is 23.7 Å². The SMILES string of the molecule is O=C([O-])c1c(-c2ccccc2)oc2ccc(OCc3ccccc3)cc12. The molecule has 4 aromatic rings. The van der Waals surface area contributed by atoms with Gasteiger partial charge in [0.05, 0.1) is 11.5 Å².